The van der Waals surface area contributed by atoms with Gasteiger partial charge in [0.2, 0.25) is 0 Å². The minimum atomic E-state index is -0.173. The maximum absolute atomic E-state index is 13.4. The first-order valence-electron chi connectivity index (χ1n) is 8.89. The van der Waals surface area contributed by atoms with Crippen LogP contribution in [-0.2, 0) is 0 Å². The fraction of sp³-hybridized carbons (Fsp3) is 0.524. The van der Waals surface area contributed by atoms with Crippen molar-refractivity contribution in [2.24, 2.45) is 5.92 Å². The maximum Gasteiger partial charge on any atom is 0.123 e. The summed E-state index contributed by atoms with van der Waals surface area (Å²) < 4.78 is 13.4. The molecule has 0 aromatic heterocycles. The monoisotopic (exact) mass is 332 g/mol. The van der Waals surface area contributed by atoms with E-state index < -0.39 is 0 Å². The molecule has 0 unspecified atom stereocenters. The Labute approximate surface area is 146 Å². The molecule has 1 saturated carbocycles. The molecule has 1 fully saturated rings. The van der Waals surface area contributed by atoms with Gasteiger partial charge in [0.1, 0.15) is 5.82 Å². The zero-order valence-electron chi connectivity index (χ0n) is 14.5. The molecule has 0 N–H and O–H groups in total. The number of halogens is 1. The van der Waals surface area contributed by atoms with E-state index in [4.69, 9.17) is 0 Å². The van der Waals surface area contributed by atoms with Crippen LogP contribution >= 0.6 is 12.6 Å². The molecule has 0 amide bonds. The Morgan fingerprint density at radius 2 is 2.00 bits per heavy atom. The summed E-state index contributed by atoms with van der Waals surface area (Å²) in [6.45, 7) is 8.20. The van der Waals surface area contributed by atoms with Gasteiger partial charge in [-0.1, -0.05) is 51.7 Å². The van der Waals surface area contributed by atoms with Gasteiger partial charge in [0.25, 0.3) is 0 Å². The summed E-state index contributed by atoms with van der Waals surface area (Å²) in [7, 11) is 0. The van der Waals surface area contributed by atoms with Crippen molar-refractivity contribution in [2.45, 2.75) is 65.2 Å². The molecule has 0 saturated heterocycles. The van der Waals surface area contributed by atoms with Crippen LogP contribution in [0.1, 0.15) is 69.4 Å². The van der Waals surface area contributed by atoms with Gasteiger partial charge in [0, 0.05) is 4.91 Å². The number of rotatable bonds is 9. The van der Waals surface area contributed by atoms with Gasteiger partial charge in [-0.3, -0.25) is 0 Å². The SMILES string of the molecule is C=C(S)/C(CCCCCC1CC1)=C(/CC)c1ccc(F)cc1C. The molecule has 23 heavy (non-hydrogen) atoms. The van der Waals surface area contributed by atoms with Crippen molar-refractivity contribution in [3.8, 4) is 0 Å². The van der Waals surface area contributed by atoms with Gasteiger partial charge in [-0.05, 0) is 66.5 Å². The van der Waals surface area contributed by atoms with E-state index in [-0.39, 0.29) is 5.82 Å². The van der Waals surface area contributed by atoms with E-state index >= 15 is 0 Å². The van der Waals surface area contributed by atoms with Crippen LogP contribution in [0.4, 0.5) is 4.39 Å². The van der Waals surface area contributed by atoms with E-state index in [0.717, 1.165) is 34.8 Å². The Bertz CT molecular complexity index is 582. The molecular formula is C21H29FS. The lowest BCUT2D eigenvalue weighted by Gasteiger charge is -2.17. The van der Waals surface area contributed by atoms with E-state index in [1.807, 2.05) is 13.0 Å². The Hall–Kier alpha value is -1.02. The van der Waals surface area contributed by atoms with Gasteiger partial charge in [-0.25, -0.2) is 4.39 Å². The molecule has 1 aliphatic carbocycles. The highest BCUT2D eigenvalue weighted by Crippen LogP contribution is 2.35. The molecule has 1 aromatic rings. The smallest absolute Gasteiger partial charge is 0.123 e. The Balaban J connectivity index is 2.09. The number of allylic oxidation sites excluding steroid dienone is 2. The summed E-state index contributed by atoms with van der Waals surface area (Å²) in [6.07, 6.45) is 10.0. The fourth-order valence-corrected chi connectivity index (χ4v) is 3.57. The van der Waals surface area contributed by atoms with Gasteiger partial charge in [0.05, 0.1) is 0 Å². The maximum atomic E-state index is 13.4. The zero-order chi connectivity index (χ0) is 16.8. The van der Waals surface area contributed by atoms with E-state index in [2.05, 4.69) is 26.1 Å². The second-order valence-corrected chi connectivity index (χ2v) is 7.30. The van der Waals surface area contributed by atoms with Gasteiger partial charge < -0.3 is 0 Å². The van der Waals surface area contributed by atoms with Crippen molar-refractivity contribution in [3.05, 3.63) is 52.2 Å². The summed E-state index contributed by atoms with van der Waals surface area (Å²) in [5.41, 5.74) is 4.64. The lowest BCUT2D eigenvalue weighted by atomic mass is 9.91. The first-order valence-corrected chi connectivity index (χ1v) is 9.34. The molecule has 1 aromatic carbocycles. The van der Waals surface area contributed by atoms with E-state index in [1.54, 1.807) is 12.1 Å². The first kappa shape index (κ1) is 18.3. The van der Waals surface area contributed by atoms with Gasteiger partial charge in [0.15, 0.2) is 0 Å². The van der Waals surface area contributed by atoms with E-state index in [0.29, 0.717) is 0 Å². The summed E-state index contributed by atoms with van der Waals surface area (Å²) in [4.78, 5) is 0.854. The quantitative estimate of drug-likeness (QED) is 0.278. The number of hydrogen-bond donors (Lipinski definition) is 1. The van der Waals surface area contributed by atoms with Crippen LogP contribution in [-0.4, -0.2) is 0 Å². The van der Waals surface area contributed by atoms with Crippen LogP contribution in [0.5, 0.6) is 0 Å². The Morgan fingerprint density at radius 3 is 2.57 bits per heavy atom. The van der Waals surface area contributed by atoms with Crippen molar-refractivity contribution in [1.82, 2.24) is 0 Å². The first-order chi connectivity index (χ1) is 11.0. The largest absolute Gasteiger partial charge is 0.207 e. The molecule has 2 heteroatoms. The molecule has 0 heterocycles. The van der Waals surface area contributed by atoms with Crippen LogP contribution < -0.4 is 0 Å². The van der Waals surface area contributed by atoms with Crippen molar-refractivity contribution in [1.29, 1.82) is 0 Å². The van der Waals surface area contributed by atoms with Crippen molar-refractivity contribution in [3.63, 3.8) is 0 Å². The molecule has 2 rings (SSSR count). The van der Waals surface area contributed by atoms with Crippen LogP contribution in [0.3, 0.4) is 0 Å². The number of aryl methyl sites for hydroxylation is 1. The number of benzene rings is 1. The topological polar surface area (TPSA) is 0 Å². The second kappa shape index (κ2) is 8.73. The number of thiol groups is 1. The minimum absolute atomic E-state index is 0.173. The van der Waals surface area contributed by atoms with E-state index in [9.17, 15) is 4.39 Å². The van der Waals surface area contributed by atoms with Crippen LogP contribution in [0.15, 0.2) is 35.3 Å². The average molecular weight is 333 g/mol. The van der Waals surface area contributed by atoms with Gasteiger partial charge in [-0.15, -0.1) is 12.6 Å². The third kappa shape index (κ3) is 5.53. The van der Waals surface area contributed by atoms with Crippen molar-refractivity contribution in [2.75, 3.05) is 0 Å². The van der Waals surface area contributed by atoms with Gasteiger partial charge in [-0.2, -0.15) is 0 Å². The summed E-state index contributed by atoms with van der Waals surface area (Å²) in [5.74, 6) is 0.853. The number of hydrogen-bond acceptors (Lipinski definition) is 1. The molecule has 0 atom stereocenters. The van der Waals surface area contributed by atoms with Crippen LogP contribution in [0, 0.1) is 18.7 Å². The predicted molar refractivity (Wildman–Crippen MR) is 102 cm³/mol. The third-order valence-corrected chi connectivity index (χ3v) is 5.09. The average Bonchev–Trinajstić information content (AvgIpc) is 3.31. The summed E-state index contributed by atoms with van der Waals surface area (Å²) in [5, 5.41) is 0. The molecule has 0 radical (unpaired) electrons. The minimum Gasteiger partial charge on any atom is -0.207 e. The molecule has 0 nitrogen and oxygen atoms in total. The van der Waals surface area contributed by atoms with Crippen molar-refractivity contribution < 1.29 is 4.39 Å². The summed E-state index contributed by atoms with van der Waals surface area (Å²) in [6, 6.07) is 5.05. The van der Waals surface area contributed by atoms with Crippen LogP contribution in [0.25, 0.3) is 5.57 Å². The third-order valence-electron chi connectivity index (χ3n) is 4.82. The summed E-state index contributed by atoms with van der Waals surface area (Å²) >= 11 is 4.53. The zero-order valence-corrected chi connectivity index (χ0v) is 15.4. The predicted octanol–water partition coefficient (Wildman–Crippen LogP) is 7.10. The highest BCUT2D eigenvalue weighted by atomic mass is 32.1. The standard InChI is InChI=1S/C21H29FS/c1-4-19(20-13-12-18(22)14-15(20)2)21(16(3)23)9-7-5-6-8-17-10-11-17/h12-14,17,23H,3-11H2,1-2H3/b21-19-. The second-order valence-electron chi connectivity index (χ2n) is 6.76. The van der Waals surface area contributed by atoms with Crippen LogP contribution in [0.2, 0.25) is 0 Å². The Morgan fingerprint density at radius 1 is 1.26 bits per heavy atom. The highest BCUT2D eigenvalue weighted by Gasteiger charge is 2.20. The molecule has 0 spiro atoms. The molecule has 1 aliphatic rings. The van der Waals surface area contributed by atoms with Gasteiger partial charge >= 0.3 is 0 Å². The lowest BCUT2D eigenvalue weighted by molar-refractivity contribution is 0.603. The lowest BCUT2D eigenvalue weighted by Crippen LogP contribution is -1.96. The highest BCUT2D eigenvalue weighted by molar-refractivity contribution is 7.84. The number of unbranched alkanes of at least 4 members (excludes halogenated alkanes) is 2. The fourth-order valence-electron chi connectivity index (χ4n) is 3.32. The van der Waals surface area contributed by atoms with E-state index in [1.165, 1.54) is 49.7 Å². The molecule has 126 valence electrons. The van der Waals surface area contributed by atoms with Crippen molar-refractivity contribution >= 4 is 18.2 Å². The normalized spacial score (nSPS) is 15.5. The Kier molecular flexibility index (Phi) is 6.95. The molecule has 0 bridgehead atoms. The molecular weight excluding hydrogens is 303 g/mol. The molecule has 0 aliphatic heterocycles.